The molecule has 0 aromatic carbocycles. The van der Waals surface area contributed by atoms with Crippen LogP contribution in [0.1, 0.15) is 33.6 Å². The topological polar surface area (TPSA) is 29.5 Å². The minimum atomic E-state index is -0.692. The van der Waals surface area contributed by atoms with Gasteiger partial charge in [0.15, 0.2) is 0 Å². The maximum Gasteiger partial charge on any atom is 0.141 e. The molecule has 12 heavy (non-hydrogen) atoms. The molecule has 0 saturated carbocycles. The number of aliphatic hydroxyl groups is 1. The first-order valence-electron chi connectivity index (χ1n) is 4.58. The van der Waals surface area contributed by atoms with Gasteiger partial charge in [-0.15, -0.1) is 11.8 Å². The molecule has 1 saturated heterocycles. The molecule has 0 radical (unpaired) electrons. The highest BCUT2D eigenvalue weighted by Gasteiger charge is 2.48. The van der Waals surface area contributed by atoms with E-state index < -0.39 is 5.60 Å². The zero-order valence-electron chi connectivity index (χ0n) is 8.09. The Hall–Kier alpha value is 0.270. The highest BCUT2D eigenvalue weighted by Crippen LogP contribution is 2.45. The second-order valence-electron chi connectivity index (χ2n) is 3.43. The summed E-state index contributed by atoms with van der Waals surface area (Å²) in [6, 6.07) is 0. The van der Waals surface area contributed by atoms with Crippen LogP contribution in [0, 0.1) is 0 Å². The highest BCUT2D eigenvalue weighted by molar-refractivity contribution is 8.00. The van der Waals surface area contributed by atoms with Crippen LogP contribution < -0.4 is 0 Å². The fraction of sp³-hybridized carbons (Fsp3) is 1.00. The summed E-state index contributed by atoms with van der Waals surface area (Å²) >= 11 is 1.75. The smallest absolute Gasteiger partial charge is 0.141 e. The first-order chi connectivity index (χ1) is 5.58. The van der Waals surface area contributed by atoms with E-state index in [1.54, 1.807) is 11.8 Å². The zero-order chi connectivity index (χ0) is 9.24. The Kier molecular flexibility index (Phi) is 3.07. The minimum absolute atomic E-state index is 0.345. The van der Waals surface area contributed by atoms with Crippen LogP contribution in [0.3, 0.4) is 0 Å². The number of hydrogen-bond donors (Lipinski definition) is 1. The third kappa shape index (κ3) is 1.50. The molecule has 0 aliphatic carbocycles. The third-order valence-electron chi connectivity index (χ3n) is 2.73. The maximum absolute atomic E-state index is 10.1. The van der Waals surface area contributed by atoms with Crippen molar-refractivity contribution in [2.75, 3.05) is 12.4 Å². The molecule has 0 aromatic rings. The lowest BCUT2D eigenvalue weighted by Gasteiger charge is -2.39. The van der Waals surface area contributed by atoms with E-state index in [1.807, 2.05) is 13.8 Å². The number of thioether (sulfide) groups is 1. The van der Waals surface area contributed by atoms with Gasteiger partial charge < -0.3 is 9.84 Å². The molecule has 1 rings (SSSR count). The van der Waals surface area contributed by atoms with Gasteiger partial charge in [-0.05, 0) is 19.8 Å². The van der Waals surface area contributed by atoms with Crippen LogP contribution in [-0.2, 0) is 4.74 Å². The molecule has 2 unspecified atom stereocenters. The van der Waals surface area contributed by atoms with Crippen molar-refractivity contribution >= 4 is 11.8 Å². The monoisotopic (exact) mass is 190 g/mol. The molecule has 0 bridgehead atoms. The summed E-state index contributed by atoms with van der Waals surface area (Å²) in [5.74, 6) is 1.00. The highest BCUT2D eigenvalue weighted by atomic mass is 32.2. The van der Waals surface area contributed by atoms with E-state index in [9.17, 15) is 5.11 Å². The average Bonchev–Trinajstić information content (AvgIpc) is 2.53. The van der Waals surface area contributed by atoms with Crippen LogP contribution in [-0.4, -0.2) is 28.0 Å². The molecule has 0 spiro atoms. The van der Waals surface area contributed by atoms with E-state index in [1.165, 1.54) is 0 Å². The predicted octanol–water partition coefficient (Wildman–Crippen LogP) is 2.02. The summed E-state index contributed by atoms with van der Waals surface area (Å²) in [4.78, 5) is -0.345. The number of ether oxygens (including phenoxy) is 1. The average molecular weight is 190 g/mol. The van der Waals surface area contributed by atoms with Gasteiger partial charge in [-0.3, -0.25) is 0 Å². The van der Waals surface area contributed by atoms with Crippen LogP contribution in [0.25, 0.3) is 0 Å². The largest absolute Gasteiger partial charge is 0.386 e. The molecule has 1 fully saturated rings. The first-order valence-corrected chi connectivity index (χ1v) is 5.57. The standard InChI is InChI=1S/C9H18O2S/c1-4-8(3,10)9(5-2)11-6-7-12-9/h10H,4-7H2,1-3H3. The molecular formula is C9H18O2S. The second-order valence-corrected chi connectivity index (χ2v) is 4.79. The fourth-order valence-electron chi connectivity index (χ4n) is 1.62. The molecule has 72 valence electrons. The Labute approximate surface area is 78.7 Å². The van der Waals surface area contributed by atoms with Crippen molar-refractivity contribution in [2.24, 2.45) is 0 Å². The van der Waals surface area contributed by atoms with E-state index >= 15 is 0 Å². The Balaban J connectivity index is 2.78. The van der Waals surface area contributed by atoms with E-state index in [0.29, 0.717) is 0 Å². The van der Waals surface area contributed by atoms with E-state index in [4.69, 9.17) is 4.74 Å². The molecule has 2 nitrogen and oxygen atoms in total. The number of hydrogen-bond acceptors (Lipinski definition) is 3. The Morgan fingerprint density at radius 2 is 2.25 bits per heavy atom. The van der Waals surface area contributed by atoms with Crippen molar-refractivity contribution in [3.05, 3.63) is 0 Å². The lowest BCUT2D eigenvalue weighted by molar-refractivity contribution is -0.112. The van der Waals surface area contributed by atoms with Crippen LogP contribution in [0.15, 0.2) is 0 Å². The van der Waals surface area contributed by atoms with Gasteiger partial charge in [0.1, 0.15) is 4.93 Å². The van der Waals surface area contributed by atoms with Gasteiger partial charge in [-0.2, -0.15) is 0 Å². The van der Waals surface area contributed by atoms with Crippen molar-refractivity contribution in [2.45, 2.75) is 44.1 Å². The van der Waals surface area contributed by atoms with Crippen molar-refractivity contribution in [1.29, 1.82) is 0 Å². The lowest BCUT2D eigenvalue weighted by Crippen LogP contribution is -2.48. The van der Waals surface area contributed by atoms with Crippen LogP contribution in [0.5, 0.6) is 0 Å². The van der Waals surface area contributed by atoms with Crippen LogP contribution in [0.2, 0.25) is 0 Å². The van der Waals surface area contributed by atoms with Crippen molar-refractivity contribution in [3.8, 4) is 0 Å². The summed E-state index contributed by atoms with van der Waals surface area (Å²) in [5, 5.41) is 10.1. The summed E-state index contributed by atoms with van der Waals surface area (Å²) in [7, 11) is 0. The minimum Gasteiger partial charge on any atom is -0.386 e. The molecule has 1 aliphatic rings. The Morgan fingerprint density at radius 3 is 2.58 bits per heavy atom. The van der Waals surface area contributed by atoms with Gasteiger partial charge in [-0.25, -0.2) is 0 Å². The predicted molar refractivity (Wildman–Crippen MR) is 52.3 cm³/mol. The van der Waals surface area contributed by atoms with Crippen molar-refractivity contribution < 1.29 is 9.84 Å². The fourth-order valence-corrected chi connectivity index (χ4v) is 2.94. The lowest BCUT2D eigenvalue weighted by atomic mass is 9.93. The molecule has 1 aliphatic heterocycles. The van der Waals surface area contributed by atoms with Gasteiger partial charge in [0.05, 0.1) is 12.2 Å². The van der Waals surface area contributed by atoms with E-state index in [0.717, 1.165) is 25.2 Å². The van der Waals surface area contributed by atoms with E-state index in [2.05, 4.69) is 6.92 Å². The molecule has 2 atom stereocenters. The maximum atomic E-state index is 10.1. The Bertz CT molecular complexity index is 151. The van der Waals surface area contributed by atoms with Crippen LogP contribution in [0.4, 0.5) is 0 Å². The molecule has 0 aromatic heterocycles. The molecule has 0 amide bonds. The third-order valence-corrected chi connectivity index (χ3v) is 4.41. The summed E-state index contributed by atoms with van der Waals surface area (Å²) in [5.41, 5.74) is -0.692. The quantitative estimate of drug-likeness (QED) is 0.738. The van der Waals surface area contributed by atoms with Gasteiger partial charge in [0, 0.05) is 5.75 Å². The second kappa shape index (κ2) is 3.56. The zero-order valence-corrected chi connectivity index (χ0v) is 8.91. The van der Waals surface area contributed by atoms with Gasteiger partial charge in [0.2, 0.25) is 0 Å². The van der Waals surface area contributed by atoms with Gasteiger partial charge >= 0.3 is 0 Å². The Morgan fingerprint density at radius 1 is 1.58 bits per heavy atom. The summed E-state index contributed by atoms with van der Waals surface area (Å²) < 4.78 is 5.66. The molecule has 1 heterocycles. The van der Waals surface area contributed by atoms with Gasteiger partial charge in [-0.1, -0.05) is 13.8 Å². The van der Waals surface area contributed by atoms with Crippen molar-refractivity contribution in [3.63, 3.8) is 0 Å². The normalized spacial score (nSPS) is 35.0. The molecule has 1 N–H and O–H groups in total. The van der Waals surface area contributed by atoms with Crippen molar-refractivity contribution in [1.82, 2.24) is 0 Å². The van der Waals surface area contributed by atoms with Gasteiger partial charge in [0.25, 0.3) is 0 Å². The van der Waals surface area contributed by atoms with E-state index in [-0.39, 0.29) is 4.93 Å². The first kappa shape index (κ1) is 10.4. The SMILES string of the molecule is CCC(C)(O)C1(CC)OCCS1. The summed E-state index contributed by atoms with van der Waals surface area (Å²) in [6.45, 7) is 6.71. The summed E-state index contributed by atoms with van der Waals surface area (Å²) in [6.07, 6.45) is 1.62. The number of rotatable bonds is 3. The molecular weight excluding hydrogens is 172 g/mol. The van der Waals surface area contributed by atoms with Crippen LogP contribution >= 0.6 is 11.8 Å². The molecule has 3 heteroatoms.